The van der Waals surface area contributed by atoms with E-state index in [4.69, 9.17) is 14.0 Å². The molecule has 39 heavy (non-hydrogen) atoms. The number of rotatable bonds is 10. The molecule has 0 bridgehead atoms. The summed E-state index contributed by atoms with van der Waals surface area (Å²) in [6, 6.07) is 21.6. The van der Waals surface area contributed by atoms with Crippen LogP contribution in [0, 0.1) is 0 Å². The van der Waals surface area contributed by atoms with Gasteiger partial charge in [-0.15, -0.1) is 0 Å². The van der Waals surface area contributed by atoms with Gasteiger partial charge in [-0.25, -0.2) is 0 Å². The Morgan fingerprint density at radius 3 is 2.23 bits per heavy atom. The second-order valence-electron chi connectivity index (χ2n) is 9.03. The molecule has 8 nitrogen and oxygen atoms in total. The van der Waals surface area contributed by atoms with Crippen LogP contribution in [0.3, 0.4) is 0 Å². The maximum Gasteiger partial charge on any atom is 0.268 e. The number of hydrogen-bond acceptors (Lipinski definition) is 6. The summed E-state index contributed by atoms with van der Waals surface area (Å²) in [5, 5.41) is 0.542. The van der Waals surface area contributed by atoms with Crippen molar-refractivity contribution in [1.82, 2.24) is 4.57 Å². The van der Waals surface area contributed by atoms with E-state index < -0.39 is 18.8 Å². The van der Waals surface area contributed by atoms with Crippen LogP contribution in [0.1, 0.15) is 29.8 Å². The quantitative estimate of drug-likeness (QED) is 0.223. The highest BCUT2D eigenvalue weighted by atomic mass is 31.2. The summed E-state index contributed by atoms with van der Waals surface area (Å²) in [7, 11) is 1.58. The molecule has 1 aromatic heterocycles. The van der Waals surface area contributed by atoms with Crippen LogP contribution in [0.25, 0.3) is 10.9 Å². The van der Waals surface area contributed by atoms with Crippen LogP contribution < -0.4 is 24.5 Å². The standard InChI is InChI=1S/C30H33N2O6P/c1-6-39(35,7-2)38-28-24-15-11-12-16-25(24)31(3)29(33)27(28)30(34)32(22-13-9-8-10-14-22)20-21-17-18-23(36-4)19-26(21)37-5/h8-19H,6-7,20H2,1-5H3. The van der Waals surface area contributed by atoms with Gasteiger partial charge in [0.1, 0.15) is 17.1 Å². The normalized spacial score (nSPS) is 11.3. The van der Waals surface area contributed by atoms with Crippen molar-refractivity contribution in [3.05, 3.63) is 94.3 Å². The fourth-order valence-electron chi connectivity index (χ4n) is 4.45. The summed E-state index contributed by atoms with van der Waals surface area (Å²) in [4.78, 5) is 29.8. The third-order valence-electron chi connectivity index (χ3n) is 6.83. The van der Waals surface area contributed by atoms with Gasteiger partial charge in [0.2, 0.25) is 7.37 Å². The van der Waals surface area contributed by atoms with Crippen molar-refractivity contribution in [3.8, 4) is 17.2 Å². The highest BCUT2D eigenvalue weighted by Crippen LogP contribution is 2.48. The first kappa shape index (κ1) is 28.0. The van der Waals surface area contributed by atoms with Gasteiger partial charge < -0.3 is 23.5 Å². The smallest absolute Gasteiger partial charge is 0.268 e. The van der Waals surface area contributed by atoms with Crippen molar-refractivity contribution in [2.24, 2.45) is 7.05 Å². The van der Waals surface area contributed by atoms with E-state index in [1.54, 1.807) is 83.6 Å². The van der Waals surface area contributed by atoms with Crippen LogP contribution in [0.2, 0.25) is 0 Å². The van der Waals surface area contributed by atoms with Crippen molar-refractivity contribution < 1.29 is 23.4 Å². The van der Waals surface area contributed by atoms with E-state index in [1.165, 1.54) is 9.47 Å². The molecule has 0 aliphatic heterocycles. The Morgan fingerprint density at radius 2 is 1.59 bits per heavy atom. The molecule has 0 unspecified atom stereocenters. The molecule has 0 atom stereocenters. The molecule has 0 radical (unpaired) electrons. The number of para-hydroxylation sites is 2. The topological polar surface area (TPSA) is 87.1 Å². The molecule has 0 saturated carbocycles. The first-order valence-corrected chi connectivity index (χ1v) is 14.7. The average Bonchev–Trinajstić information content (AvgIpc) is 2.98. The molecule has 1 amide bonds. The van der Waals surface area contributed by atoms with Gasteiger partial charge in [0.25, 0.3) is 11.5 Å². The van der Waals surface area contributed by atoms with E-state index in [0.29, 0.717) is 33.7 Å². The molecule has 0 N–H and O–H groups in total. The van der Waals surface area contributed by atoms with Crippen LogP contribution in [-0.4, -0.2) is 37.0 Å². The first-order valence-electron chi connectivity index (χ1n) is 12.7. The molecule has 4 rings (SSSR count). The number of fused-ring (bicyclic) bond motifs is 1. The van der Waals surface area contributed by atoms with E-state index in [9.17, 15) is 14.2 Å². The molecule has 4 aromatic rings. The number of aryl methyl sites for hydroxylation is 1. The van der Waals surface area contributed by atoms with Gasteiger partial charge in [-0.05, 0) is 36.4 Å². The zero-order valence-electron chi connectivity index (χ0n) is 22.8. The molecule has 0 spiro atoms. The number of ether oxygens (including phenoxy) is 2. The number of aromatic nitrogens is 1. The highest BCUT2D eigenvalue weighted by molar-refractivity contribution is 7.59. The maximum atomic E-state index is 14.4. The molecule has 1 heterocycles. The Bertz CT molecular complexity index is 1590. The molecular weight excluding hydrogens is 515 g/mol. The van der Waals surface area contributed by atoms with Gasteiger partial charge >= 0.3 is 0 Å². The molecule has 3 aromatic carbocycles. The number of carbonyl (C=O) groups excluding carboxylic acids is 1. The van der Waals surface area contributed by atoms with Crippen molar-refractivity contribution in [3.63, 3.8) is 0 Å². The molecule has 0 aliphatic carbocycles. The summed E-state index contributed by atoms with van der Waals surface area (Å²) >= 11 is 0. The minimum Gasteiger partial charge on any atom is -0.497 e. The van der Waals surface area contributed by atoms with Crippen molar-refractivity contribution in [1.29, 1.82) is 0 Å². The monoisotopic (exact) mass is 548 g/mol. The van der Waals surface area contributed by atoms with Crippen LogP contribution in [-0.2, 0) is 18.2 Å². The summed E-state index contributed by atoms with van der Waals surface area (Å²) in [6.07, 6.45) is 0.540. The summed E-state index contributed by atoms with van der Waals surface area (Å²) < 4.78 is 32.0. The Morgan fingerprint density at radius 1 is 0.923 bits per heavy atom. The fraction of sp³-hybridized carbons (Fsp3) is 0.267. The van der Waals surface area contributed by atoms with Gasteiger partial charge in [0.15, 0.2) is 5.75 Å². The molecule has 0 saturated heterocycles. The van der Waals surface area contributed by atoms with Crippen LogP contribution in [0.5, 0.6) is 17.2 Å². The molecule has 0 fully saturated rings. The average molecular weight is 549 g/mol. The number of pyridine rings is 1. The third kappa shape index (κ3) is 5.57. The molecule has 0 aliphatic rings. The number of carbonyl (C=O) groups is 1. The number of methoxy groups -OCH3 is 2. The minimum atomic E-state index is -3.15. The third-order valence-corrected chi connectivity index (χ3v) is 9.27. The van der Waals surface area contributed by atoms with Gasteiger partial charge in [0, 0.05) is 42.1 Å². The van der Waals surface area contributed by atoms with Crippen LogP contribution in [0.4, 0.5) is 5.69 Å². The van der Waals surface area contributed by atoms with Crippen LogP contribution >= 0.6 is 7.37 Å². The molecule has 9 heteroatoms. The second kappa shape index (κ2) is 11.8. The van der Waals surface area contributed by atoms with E-state index in [0.717, 1.165) is 0 Å². The predicted molar refractivity (Wildman–Crippen MR) is 155 cm³/mol. The highest BCUT2D eigenvalue weighted by Gasteiger charge is 2.32. The SMILES string of the molecule is CCP(=O)(CC)Oc1c(C(=O)N(Cc2ccc(OC)cc2OC)c2ccccc2)c(=O)n(C)c2ccccc12. The number of hydrogen-bond donors (Lipinski definition) is 0. The largest absolute Gasteiger partial charge is 0.497 e. The minimum absolute atomic E-state index is 0.0494. The number of nitrogens with zero attached hydrogens (tertiary/aromatic N) is 2. The molecular formula is C30H33N2O6P. The second-order valence-corrected chi connectivity index (χ2v) is 12.1. The Balaban J connectivity index is 1.96. The summed E-state index contributed by atoms with van der Waals surface area (Å²) in [5.41, 5.74) is 1.17. The van der Waals surface area contributed by atoms with E-state index >= 15 is 0 Å². The van der Waals surface area contributed by atoms with E-state index in [-0.39, 0.29) is 30.2 Å². The lowest BCUT2D eigenvalue weighted by atomic mass is 10.1. The Labute approximate surface area is 228 Å². The van der Waals surface area contributed by atoms with Gasteiger partial charge in [-0.1, -0.05) is 44.2 Å². The van der Waals surface area contributed by atoms with E-state index in [2.05, 4.69) is 0 Å². The van der Waals surface area contributed by atoms with Gasteiger partial charge in [-0.2, -0.15) is 0 Å². The first-order chi connectivity index (χ1) is 18.8. The maximum absolute atomic E-state index is 14.4. The summed E-state index contributed by atoms with van der Waals surface area (Å²) in [5.74, 6) is 0.627. The van der Waals surface area contributed by atoms with Gasteiger partial charge in [-0.3, -0.25) is 14.2 Å². The lowest BCUT2D eigenvalue weighted by Gasteiger charge is -2.26. The fourth-order valence-corrected chi connectivity index (χ4v) is 5.67. The van der Waals surface area contributed by atoms with Gasteiger partial charge in [0.05, 0.1) is 26.3 Å². The lowest BCUT2D eigenvalue weighted by molar-refractivity contribution is 0.0981. The van der Waals surface area contributed by atoms with E-state index in [1.807, 2.05) is 24.3 Å². The summed E-state index contributed by atoms with van der Waals surface area (Å²) in [6.45, 7) is 3.66. The van der Waals surface area contributed by atoms with Crippen molar-refractivity contribution in [2.75, 3.05) is 31.4 Å². The Kier molecular flexibility index (Phi) is 8.46. The zero-order chi connectivity index (χ0) is 28.2. The number of benzene rings is 3. The predicted octanol–water partition coefficient (Wildman–Crippen LogP) is 6.10. The lowest BCUT2D eigenvalue weighted by Crippen LogP contribution is -2.37. The zero-order valence-corrected chi connectivity index (χ0v) is 23.7. The number of anilines is 1. The van der Waals surface area contributed by atoms with Crippen LogP contribution in [0.15, 0.2) is 77.6 Å². The van der Waals surface area contributed by atoms with Crippen molar-refractivity contribution >= 4 is 29.9 Å². The molecule has 204 valence electrons. The Hall–Kier alpha value is -4.03. The van der Waals surface area contributed by atoms with Crippen molar-refractivity contribution in [2.45, 2.75) is 20.4 Å². The number of amides is 1.